The van der Waals surface area contributed by atoms with Crippen LogP contribution in [0, 0.1) is 5.41 Å². The van der Waals surface area contributed by atoms with E-state index in [0.717, 1.165) is 17.7 Å². The van der Waals surface area contributed by atoms with Crippen molar-refractivity contribution in [1.29, 1.82) is 5.41 Å². The predicted octanol–water partition coefficient (Wildman–Crippen LogP) is 4.31. The summed E-state index contributed by atoms with van der Waals surface area (Å²) in [7, 11) is 0. The summed E-state index contributed by atoms with van der Waals surface area (Å²) in [5.41, 5.74) is 1.41. The predicted molar refractivity (Wildman–Crippen MR) is 75.2 cm³/mol. The van der Waals surface area contributed by atoms with Gasteiger partial charge in [0.25, 0.3) is 0 Å². The van der Waals surface area contributed by atoms with E-state index in [4.69, 9.17) is 5.41 Å². The van der Waals surface area contributed by atoms with Gasteiger partial charge in [0.2, 0.25) is 0 Å². The number of rotatable bonds is 4. The second kappa shape index (κ2) is 5.60. The van der Waals surface area contributed by atoms with Crippen molar-refractivity contribution in [2.75, 3.05) is 0 Å². The van der Waals surface area contributed by atoms with Crippen molar-refractivity contribution in [3.63, 3.8) is 0 Å². The third-order valence-electron chi connectivity index (χ3n) is 2.52. The molecule has 16 heavy (non-hydrogen) atoms. The normalized spacial score (nSPS) is 20.4. The molecule has 84 valence electrons. The van der Waals surface area contributed by atoms with E-state index in [9.17, 15) is 0 Å². The van der Waals surface area contributed by atoms with Gasteiger partial charge in [-0.3, -0.25) is 5.41 Å². The average molecular weight is 249 g/mol. The van der Waals surface area contributed by atoms with Gasteiger partial charge in [0, 0.05) is 4.91 Å². The summed E-state index contributed by atoms with van der Waals surface area (Å²) in [4.78, 5) is 0.940. The van der Waals surface area contributed by atoms with Crippen LogP contribution in [0.4, 0.5) is 0 Å². The van der Waals surface area contributed by atoms with E-state index in [1.54, 1.807) is 23.5 Å². The molecule has 0 amide bonds. The second-order valence-corrected chi connectivity index (χ2v) is 6.60. The number of hydrogen-bond donors (Lipinski definition) is 1. The highest BCUT2D eigenvalue weighted by Crippen LogP contribution is 2.43. The van der Waals surface area contributed by atoms with Crippen molar-refractivity contribution < 1.29 is 0 Å². The maximum atomic E-state index is 7.63. The van der Waals surface area contributed by atoms with Crippen LogP contribution in [0.1, 0.15) is 18.4 Å². The first-order valence-corrected chi connectivity index (χ1v) is 7.16. The summed E-state index contributed by atoms with van der Waals surface area (Å²) in [5, 5.41) is 8.29. The maximum absolute atomic E-state index is 7.63. The number of nitrogens with one attached hydrogen (secondary N) is 1. The molecular weight excluding hydrogens is 234 g/mol. The standard InChI is InChI=1S/C13H15NS2/c1-10-13(14)16-12(15-10)9-5-8-11-6-3-2-4-7-11/h2-4,6-7,12,14H,1,5,8-9H2. The Labute approximate surface area is 105 Å². The Hall–Kier alpha value is -0.670. The van der Waals surface area contributed by atoms with Crippen LogP contribution in [0.3, 0.4) is 0 Å². The first-order chi connectivity index (χ1) is 7.75. The van der Waals surface area contributed by atoms with Gasteiger partial charge >= 0.3 is 0 Å². The lowest BCUT2D eigenvalue weighted by molar-refractivity contribution is 0.788. The molecule has 1 fully saturated rings. The third-order valence-corrected chi connectivity index (χ3v) is 5.20. The highest BCUT2D eigenvalue weighted by atomic mass is 32.2. The molecule has 1 N–H and O–H groups in total. The van der Waals surface area contributed by atoms with Crippen LogP contribution in [0.25, 0.3) is 0 Å². The quantitative estimate of drug-likeness (QED) is 0.860. The maximum Gasteiger partial charge on any atom is 0.101 e. The van der Waals surface area contributed by atoms with E-state index >= 15 is 0 Å². The number of benzene rings is 1. The Morgan fingerprint density at radius 1 is 1.19 bits per heavy atom. The molecule has 1 aliphatic heterocycles. The van der Waals surface area contributed by atoms with Crippen LogP contribution >= 0.6 is 23.5 Å². The summed E-state index contributed by atoms with van der Waals surface area (Å²) in [6.07, 6.45) is 3.49. The van der Waals surface area contributed by atoms with Crippen molar-refractivity contribution in [2.45, 2.75) is 23.8 Å². The SMILES string of the molecule is C=C1SC(CCCc2ccccc2)SC1=N. The van der Waals surface area contributed by atoms with Gasteiger partial charge in [-0.05, 0) is 24.8 Å². The van der Waals surface area contributed by atoms with Gasteiger partial charge in [0.15, 0.2) is 0 Å². The van der Waals surface area contributed by atoms with E-state index in [0.29, 0.717) is 9.63 Å². The third kappa shape index (κ3) is 3.16. The Bertz CT molecular complexity index is 370. The van der Waals surface area contributed by atoms with E-state index in [-0.39, 0.29) is 0 Å². The summed E-state index contributed by atoms with van der Waals surface area (Å²) < 4.78 is 0.517. The number of aryl methyl sites for hydroxylation is 1. The minimum Gasteiger partial charge on any atom is -0.293 e. The van der Waals surface area contributed by atoms with Crippen LogP contribution in [0.2, 0.25) is 0 Å². The minimum absolute atomic E-state index is 0.517. The van der Waals surface area contributed by atoms with Crippen LogP contribution in [0.5, 0.6) is 0 Å². The van der Waals surface area contributed by atoms with Gasteiger partial charge in [0.1, 0.15) is 5.04 Å². The van der Waals surface area contributed by atoms with Gasteiger partial charge < -0.3 is 0 Å². The summed E-state index contributed by atoms with van der Waals surface area (Å²) in [6.45, 7) is 3.87. The lowest BCUT2D eigenvalue weighted by Gasteiger charge is -2.06. The molecule has 0 bridgehead atoms. The molecule has 1 saturated heterocycles. The topological polar surface area (TPSA) is 23.9 Å². The highest BCUT2D eigenvalue weighted by Gasteiger charge is 2.23. The molecule has 1 heterocycles. The van der Waals surface area contributed by atoms with Gasteiger partial charge in [-0.1, -0.05) is 48.7 Å². The average Bonchev–Trinajstić information content (AvgIpc) is 2.60. The molecule has 1 atom stereocenters. The van der Waals surface area contributed by atoms with Crippen molar-refractivity contribution >= 4 is 28.6 Å². The molecule has 0 aromatic heterocycles. The Morgan fingerprint density at radius 2 is 1.94 bits per heavy atom. The van der Waals surface area contributed by atoms with E-state index in [1.165, 1.54) is 12.0 Å². The molecule has 1 nitrogen and oxygen atoms in total. The fraction of sp³-hybridized carbons (Fsp3) is 0.308. The Balaban J connectivity index is 1.73. The zero-order valence-corrected chi connectivity index (χ0v) is 10.7. The highest BCUT2D eigenvalue weighted by molar-refractivity contribution is 8.32. The van der Waals surface area contributed by atoms with Gasteiger partial charge in [-0.15, -0.1) is 11.8 Å². The Morgan fingerprint density at radius 3 is 2.56 bits per heavy atom. The molecule has 0 aliphatic carbocycles. The van der Waals surface area contributed by atoms with E-state index in [2.05, 4.69) is 36.9 Å². The van der Waals surface area contributed by atoms with Crippen LogP contribution in [-0.2, 0) is 6.42 Å². The molecule has 2 rings (SSSR count). The zero-order valence-electron chi connectivity index (χ0n) is 9.11. The zero-order chi connectivity index (χ0) is 11.4. The number of thioether (sulfide) groups is 2. The monoisotopic (exact) mass is 249 g/mol. The summed E-state index contributed by atoms with van der Waals surface area (Å²) >= 11 is 3.41. The molecule has 0 radical (unpaired) electrons. The van der Waals surface area contributed by atoms with Gasteiger partial charge in [0.05, 0.1) is 4.58 Å². The smallest absolute Gasteiger partial charge is 0.101 e. The van der Waals surface area contributed by atoms with Gasteiger partial charge in [-0.2, -0.15) is 0 Å². The van der Waals surface area contributed by atoms with Crippen molar-refractivity contribution in [3.8, 4) is 0 Å². The molecule has 0 spiro atoms. The largest absolute Gasteiger partial charge is 0.293 e. The molecule has 1 aromatic carbocycles. The summed E-state index contributed by atoms with van der Waals surface area (Å²) in [6, 6.07) is 10.6. The van der Waals surface area contributed by atoms with Crippen molar-refractivity contribution in [1.82, 2.24) is 0 Å². The van der Waals surface area contributed by atoms with Crippen LogP contribution < -0.4 is 0 Å². The fourth-order valence-corrected chi connectivity index (χ4v) is 4.17. The molecular formula is C13H15NS2. The second-order valence-electron chi connectivity index (χ2n) is 3.80. The summed E-state index contributed by atoms with van der Waals surface area (Å²) in [5.74, 6) is 0. The number of hydrogen-bond acceptors (Lipinski definition) is 3. The minimum atomic E-state index is 0.517. The lowest BCUT2D eigenvalue weighted by Crippen LogP contribution is -1.94. The first-order valence-electron chi connectivity index (χ1n) is 5.41. The molecule has 1 unspecified atom stereocenters. The van der Waals surface area contributed by atoms with Gasteiger partial charge in [-0.25, -0.2) is 0 Å². The lowest BCUT2D eigenvalue weighted by atomic mass is 10.1. The first kappa shape index (κ1) is 11.8. The van der Waals surface area contributed by atoms with Crippen molar-refractivity contribution in [2.24, 2.45) is 0 Å². The molecule has 1 aromatic rings. The van der Waals surface area contributed by atoms with E-state index < -0.39 is 0 Å². The Kier molecular flexibility index (Phi) is 4.13. The molecule has 0 saturated carbocycles. The van der Waals surface area contributed by atoms with E-state index in [1.807, 2.05) is 0 Å². The van der Waals surface area contributed by atoms with Crippen LogP contribution in [-0.4, -0.2) is 9.63 Å². The molecule has 3 heteroatoms. The molecule has 1 aliphatic rings. The van der Waals surface area contributed by atoms with Crippen LogP contribution in [0.15, 0.2) is 41.8 Å². The van der Waals surface area contributed by atoms with Crippen molar-refractivity contribution in [3.05, 3.63) is 47.4 Å². The fourth-order valence-electron chi connectivity index (χ4n) is 1.67.